The van der Waals surface area contributed by atoms with E-state index in [1.54, 1.807) is 24.1 Å². The first-order valence-corrected chi connectivity index (χ1v) is 13.8. The molecule has 14 heteroatoms. The molecule has 0 saturated heterocycles. The lowest BCUT2D eigenvalue weighted by atomic mass is 9.97. The number of carbonyl (C=O) groups is 1. The van der Waals surface area contributed by atoms with Crippen molar-refractivity contribution in [2.45, 2.75) is 32.2 Å². The Hall–Kier alpha value is -4.26. The van der Waals surface area contributed by atoms with Crippen LogP contribution in [0.25, 0.3) is 22.5 Å². The number of nitrogens with zero attached hydrogens (tertiary/aromatic N) is 6. The second kappa shape index (κ2) is 11.9. The summed E-state index contributed by atoms with van der Waals surface area (Å²) in [5, 5.41) is 8.02. The molecule has 0 aliphatic carbocycles. The van der Waals surface area contributed by atoms with Crippen molar-refractivity contribution in [1.29, 1.82) is 0 Å². The lowest BCUT2D eigenvalue weighted by molar-refractivity contribution is -0.119. The molecule has 2 bridgehead atoms. The molecular weight excluding hydrogens is 584 g/mol. The average Bonchev–Trinajstić information content (AvgIpc) is 3.31. The number of amides is 1. The summed E-state index contributed by atoms with van der Waals surface area (Å²) in [6.07, 6.45) is 7.51. The van der Waals surface area contributed by atoms with Gasteiger partial charge in [-0.2, -0.15) is 5.10 Å². The summed E-state index contributed by atoms with van der Waals surface area (Å²) in [5.41, 5.74) is 7.85. The largest absolute Gasteiger partial charge is 0.388 e. The van der Waals surface area contributed by atoms with Crippen molar-refractivity contribution in [3.05, 3.63) is 87.3 Å². The number of halogens is 3. The van der Waals surface area contributed by atoms with E-state index in [-0.39, 0.29) is 38.9 Å². The van der Waals surface area contributed by atoms with Gasteiger partial charge in [-0.3, -0.25) is 28.8 Å². The van der Waals surface area contributed by atoms with Crippen LogP contribution in [0.1, 0.15) is 37.9 Å². The van der Waals surface area contributed by atoms with E-state index >= 15 is 4.39 Å². The number of hydrogen-bond donors (Lipinski definition) is 3. The molecule has 42 heavy (non-hydrogen) atoms. The first-order valence-electron chi connectivity index (χ1n) is 13.1. The van der Waals surface area contributed by atoms with Crippen LogP contribution in [0, 0.1) is 11.7 Å². The Kier molecular flexibility index (Phi) is 8.30. The molecule has 1 aliphatic rings. The third-order valence-electron chi connectivity index (χ3n) is 7.20. The maximum atomic E-state index is 15.3. The van der Waals surface area contributed by atoms with E-state index in [1.807, 2.05) is 19.1 Å². The molecule has 0 saturated carbocycles. The summed E-state index contributed by atoms with van der Waals surface area (Å²) < 4.78 is 18.5. The Balaban J connectivity index is 1.61. The first-order chi connectivity index (χ1) is 20.0. The highest BCUT2D eigenvalue weighted by atomic mass is 35.5. The quantitative estimate of drug-likeness (QED) is 0.173. The van der Waals surface area contributed by atoms with Gasteiger partial charge in [-0.15, -0.1) is 0 Å². The Labute approximate surface area is 250 Å². The first kappa shape index (κ1) is 29.2. The van der Waals surface area contributed by atoms with Gasteiger partial charge in [-0.05, 0) is 37.1 Å². The average molecular weight is 612 g/mol. The fraction of sp³-hybridized carbons (Fsp3) is 0.250. The summed E-state index contributed by atoms with van der Waals surface area (Å²) in [5.74, 6) is 4.84. The molecule has 0 spiro atoms. The van der Waals surface area contributed by atoms with Crippen LogP contribution in [0.4, 0.5) is 15.8 Å². The topological polar surface area (TPSA) is 150 Å². The molecule has 1 aliphatic heterocycles. The van der Waals surface area contributed by atoms with Gasteiger partial charge in [-0.1, -0.05) is 36.5 Å². The molecule has 5 N–H and O–H groups in total. The number of rotatable bonds is 4. The maximum absolute atomic E-state index is 15.3. The van der Waals surface area contributed by atoms with Crippen LogP contribution in [0.5, 0.6) is 0 Å². The fourth-order valence-electron chi connectivity index (χ4n) is 5.07. The van der Waals surface area contributed by atoms with E-state index < -0.39 is 17.4 Å². The third kappa shape index (κ3) is 5.73. The number of aromatic nitrogens is 5. The number of hydrazine groups is 1. The Morgan fingerprint density at radius 1 is 1.21 bits per heavy atom. The van der Waals surface area contributed by atoms with E-state index in [2.05, 4.69) is 20.4 Å². The Morgan fingerprint density at radius 2 is 2.00 bits per heavy atom. The SMILES string of the molecule is CC1CCCC(n2cnc(-c3c(N(N)/C=C(\N)Cl)ccc(Cl)c3F)cc2=O)c2cc(ccn2)-c2c(cnn2C)NC1=O. The van der Waals surface area contributed by atoms with Crippen LogP contribution in [0.3, 0.4) is 0 Å². The van der Waals surface area contributed by atoms with Crippen molar-refractivity contribution in [1.82, 2.24) is 24.3 Å². The molecule has 4 aromatic rings. The second-order valence-electron chi connectivity index (χ2n) is 10.0. The van der Waals surface area contributed by atoms with Crippen molar-refractivity contribution in [3.63, 3.8) is 0 Å². The van der Waals surface area contributed by atoms with Crippen molar-refractivity contribution < 1.29 is 9.18 Å². The molecule has 3 aromatic heterocycles. The number of pyridine rings is 1. The number of hydrogen-bond acceptors (Lipinski definition) is 8. The predicted octanol–water partition coefficient (Wildman–Crippen LogP) is 4.52. The number of aryl methyl sites for hydroxylation is 1. The number of fused-ring (bicyclic) bond motifs is 4. The van der Waals surface area contributed by atoms with Gasteiger partial charge >= 0.3 is 0 Å². The van der Waals surface area contributed by atoms with Gasteiger partial charge in [0.1, 0.15) is 5.16 Å². The summed E-state index contributed by atoms with van der Waals surface area (Å²) in [6.45, 7) is 1.86. The van der Waals surface area contributed by atoms with Gasteiger partial charge in [0.2, 0.25) is 5.91 Å². The molecule has 0 radical (unpaired) electrons. The molecule has 2 atom stereocenters. The normalized spacial score (nSPS) is 17.6. The highest BCUT2D eigenvalue weighted by molar-refractivity contribution is 6.31. The molecule has 218 valence electrons. The van der Waals surface area contributed by atoms with E-state index in [0.29, 0.717) is 36.3 Å². The van der Waals surface area contributed by atoms with Crippen molar-refractivity contribution >= 4 is 40.5 Å². The number of anilines is 2. The zero-order valence-electron chi connectivity index (χ0n) is 22.8. The van der Waals surface area contributed by atoms with Crippen LogP contribution < -0.4 is 27.5 Å². The highest BCUT2D eigenvalue weighted by Gasteiger charge is 2.25. The molecule has 11 nitrogen and oxygen atoms in total. The van der Waals surface area contributed by atoms with E-state index in [4.69, 9.17) is 34.8 Å². The third-order valence-corrected chi connectivity index (χ3v) is 7.59. The zero-order chi connectivity index (χ0) is 30.1. The predicted molar refractivity (Wildman–Crippen MR) is 160 cm³/mol. The van der Waals surface area contributed by atoms with E-state index in [1.165, 1.54) is 35.3 Å². The maximum Gasteiger partial charge on any atom is 0.254 e. The molecule has 1 aromatic carbocycles. The van der Waals surface area contributed by atoms with Gasteiger partial charge in [-0.25, -0.2) is 15.2 Å². The zero-order valence-corrected chi connectivity index (χ0v) is 24.3. The highest BCUT2D eigenvalue weighted by Crippen LogP contribution is 2.36. The van der Waals surface area contributed by atoms with E-state index in [9.17, 15) is 9.59 Å². The number of benzene rings is 1. The smallest absolute Gasteiger partial charge is 0.254 e. The van der Waals surface area contributed by atoms with Crippen LogP contribution in [0.2, 0.25) is 5.02 Å². The van der Waals surface area contributed by atoms with E-state index in [0.717, 1.165) is 10.6 Å². The van der Waals surface area contributed by atoms with Gasteiger partial charge < -0.3 is 11.1 Å². The van der Waals surface area contributed by atoms with Gasteiger partial charge in [0.25, 0.3) is 5.56 Å². The molecule has 5 rings (SSSR count). The fourth-order valence-corrected chi connectivity index (χ4v) is 5.33. The molecular formula is C28H28Cl2FN9O2. The minimum atomic E-state index is -0.810. The molecule has 2 unspecified atom stereocenters. The molecule has 0 fully saturated rings. The monoisotopic (exact) mass is 611 g/mol. The summed E-state index contributed by atoms with van der Waals surface area (Å²) in [6, 6.07) is 7.18. The Morgan fingerprint density at radius 3 is 2.74 bits per heavy atom. The molecule has 1 amide bonds. The number of carbonyl (C=O) groups excluding carboxylic acids is 1. The Bertz CT molecular complexity index is 1750. The van der Waals surface area contributed by atoms with Crippen molar-refractivity contribution in [2.24, 2.45) is 24.5 Å². The molecule has 4 heterocycles. The minimum Gasteiger partial charge on any atom is -0.388 e. The van der Waals surface area contributed by atoms with Crippen LogP contribution >= 0.6 is 23.2 Å². The minimum absolute atomic E-state index is 0.0166. The summed E-state index contributed by atoms with van der Waals surface area (Å²) in [7, 11) is 1.79. The number of nitrogens with two attached hydrogens (primary N) is 2. The van der Waals surface area contributed by atoms with Crippen LogP contribution in [-0.4, -0.2) is 30.2 Å². The summed E-state index contributed by atoms with van der Waals surface area (Å²) in [4.78, 5) is 35.6. The summed E-state index contributed by atoms with van der Waals surface area (Å²) >= 11 is 11.8. The van der Waals surface area contributed by atoms with Gasteiger partial charge in [0.15, 0.2) is 5.82 Å². The van der Waals surface area contributed by atoms with Crippen LogP contribution in [-0.2, 0) is 11.8 Å². The van der Waals surface area contributed by atoms with Crippen molar-refractivity contribution in [2.75, 3.05) is 10.3 Å². The second-order valence-corrected chi connectivity index (χ2v) is 10.9. The van der Waals surface area contributed by atoms with Crippen LogP contribution in [0.15, 0.2) is 65.2 Å². The lowest BCUT2D eigenvalue weighted by Gasteiger charge is -2.23. The van der Waals surface area contributed by atoms with Crippen molar-refractivity contribution in [3.8, 4) is 22.5 Å². The lowest BCUT2D eigenvalue weighted by Crippen LogP contribution is -2.28. The van der Waals surface area contributed by atoms with Gasteiger partial charge in [0, 0.05) is 30.8 Å². The number of nitrogens with one attached hydrogen (secondary N) is 1. The standard InChI is InChI=1S/C28H28Cl2FN9O2/c1-15-4-3-5-21(18-10-16(8-9-34-18)27-20(37-28(15)42)12-36-38(27)2)39-14-35-19(11-24(39)41)25-22(40(33)13-23(30)32)7-6-17(29)26(25)31/h6-15,21H,3-5,32-33H2,1-2H3,(H,37,42)/b23-13-. The van der Waals surface area contributed by atoms with Gasteiger partial charge in [0.05, 0.1) is 63.8 Å².